The number of hydrogen-bond donors (Lipinski definition) is 2. The minimum absolute atomic E-state index is 0.180. The summed E-state index contributed by atoms with van der Waals surface area (Å²) in [5.74, 6) is -2.23. The minimum atomic E-state index is -0.771. The molecule has 0 saturated heterocycles. The van der Waals surface area contributed by atoms with Crippen molar-refractivity contribution in [2.75, 3.05) is 26.8 Å². The van der Waals surface area contributed by atoms with Gasteiger partial charge in [-0.15, -0.1) is 0 Å². The number of carbonyl (C=O) groups is 3. The van der Waals surface area contributed by atoms with Crippen molar-refractivity contribution in [3.05, 3.63) is 63.5 Å². The SMILES string of the molecule is CCOC(=O)C1=C(C)NC(CNC)=C(C(=O)OCC)C1c1ccccc1C=C(CC)C(=O)OC(C)(C)C. The Bertz CT molecular complexity index is 1110. The highest BCUT2D eigenvalue weighted by Gasteiger charge is 2.39. The van der Waals surface area contributed by atoms with Crippen LogP contribution in [0.15, 0.2) is 52.4 Å². The first-order chi connectivity index (χ1) is 17.5. The number of ether oxygens (including phenoxy) is 3. The van der Waals surface area contributed by atoms with Crippen molar-refractivity contribution >= 4 is 24.0 Å². The summed E-state index contributed by atoms with van der Waals surface area (Å²) in [6, 6.07) is 7.40. The third kappa shape index (κ3) is 7.55. The molecule has 1 heterocycles. The van der Waals surface area contributed by atoms with Crippen molar-refractivity contribution in [3.8, 4) is 0 Å². The van der Waals surface area contributed by atoms with E-state index in [1.54, 1.807) is 33.9 Å². The molecule has 8 heteroatoms. The van der Waals surface area contributed by atoms with E-state index in [1.165, 1.54) is 0 Å². The van der Waals surface area contributed by atoms with Gasteiger partial charge >= 0.3 is 17.9 Å². The smallest absolute Gasteiger partial charge is 0.336 e. The van der Waals surface area contributed by atoms with Crippen molar-refractivity contribution < 1.29 is 28.6 Å². The predicted molar refractivity (Wildman–Crippen MR) is 143 cm³/mol. The van der Waals surface area contributed by atoms with E-state index in [4.69, 9.17) is 14.2 Å². The summed E-state index contributed by atoms with van der Waals surface area (Å²) in [4.78, 5) is 39.5. The standard InChI is InChI=1S/C29H40N2O6/c1-9-19(26(32)37-29(5,6)7)16-20-14-12-13-15-21(20)24-23(27(33)35-10-2)18(4)31-22(17-30-8)25(24)28(34)36-11-3/h12-16,24,30-31H,9-11,17H2,1-8H3. The lowest BCUT2D eigenvalue weighted by atomic mass is 9.78. The molecule has 0 fully saturated rings. The summed E-state index contributed by atoms with van der Waals surface area (Å²) in [5.41, 5.74) is 3.05. The number of esters is 3. The molecule has 1 unspecified atom stereocenters. The van der Waals surface area contributed by atoms with Gasteiger partial charge < -0.3 is 24.8 Å². The molecule has 37 heavy (non-hydrogen) atoms. The molecular weight excluding hydrogens is 472 g/mol. The van der Waals surface area contributed by atoms with Crippen LogP contribution in [0.5, 0.6) is 0 Å². The molecular formula is C29H40N2O6. The zero-order valence-corrected chi connectivity index (χ0v) is 23.2. The van der Waals surface area contributed by atoms with Crippen LogP contribution in [0.3, 0.4) is 0 Å². The maximum atomic E-state index is 13.3. The molecule has 1 atom stereocenters. The Morgan fingerprint density at radius 2 is 1.59 bits per heavy atom. The third-order valence-corrected chi connectivity index (χ3v) is 5.67. The Kier molecular flexibility index (Phi) is 10.7. The van der Waals surface area contributed by atoms with E-state index in [0.717, 1.165) is 0 Å². The fourth-order valence-corrected chi connectivity index (χ4v) is 4.19. The highest BCUT2D eigenvalue weighted by atomic mass is 16.6. The van der Waals surface area contributed by atoms with Crippen LogP contribution in [0, 0.1) is 0 Å². The summed E-state index contributed by atoms with van der Waals surface area (Å²) in [6.45, 7) is 13.3. The average molecular weight is 513 g/mol. The lowest BCUT2D eigenvalue weighted by Crippen LogP contribution is -2.36. The van der Waals surface area contributed by atoms with Gasteiger partial charge in [0.2, 0.25) is 0 Å². The number of rotatable bonds is 10. The first-order valence-corrected chi connectivity index (χ1v) is 12.7. The van der Waals surface area contributed by atoms with Gasteiger partial charge in [-0.3, -0.25) is 0 Å². The molecule has 1 aromatic rings. The summed E-state index contributed by atoms with van der Waals surface area (Å²) >= 11 is 0. The minimum Gasteiger partial charge on any atom is -0.463 e. The Morgan fingerprint density at radius 1 is 1.00 bits per heavy atom. The molecule has 0 bridgehead atoms. The van der Waals surface area contributed by atoms with E-state index in [0.29, 0.717) is 52.2 Å². The van der Waals surface area contributed by atoms with E-state index >= 15 is 0 Å². The second-order valence-electron chi connectivity index (χ2n) is 9.61. The first-order valence-electron chi connectivity index (χ1n) is 12.7. The molecule has 0 radical (unpaired) electrons. The van der Waals surface area contributed by atoms with Crippen LogP contribution in [0.2, 0.25) is 0 Å². The highest BCUT2D eigenvalue weighted by Crippen LogP contribution is 2.41. The quantitative estimate of drug-likeness (QED) is 0.270. The van der Waals surface area contributed by atoms with Crippen LogP contribution in [0.4, 0.5) is 0 Å². The maximum absolute atomic E-state index is 13.3. The number of carbonyl (C=O) groups excluding carboxylic acids is 3. The maximum Gasteiger partial charge on any atom is 0.336 e. The summed E-state index contributed by atoms with van der Waals surface area (Å²) < 4.78 is 16.4. The molecule has 202 valence electrons. The van der Waals surface area contributed by atoms with Gasteiger partial charge in [0, 0.05) is 23.5 Å². The number of nitrogens with one attached hydrogen (secondary N) is 2. The Balaban J connectivity index is 2.82. The van der Waals surface area contributed by atoms with E-state index < -0.39 is 29.4 Å². The normalized spacial score (nSPS) is 16.3. The van der Waals surface area contributed by atoms with Gasteiger partial charge in [0.05, 0.1) is 30.3 Å². The lowest BCUT2D eigenvalue weighted by Gasteiger charge is -2.32. The number of hydrogen-bond acceptors (Lipinski definition) is 8. The zero-order valence-electron chi connectivity index (χ0n) is 23.2. The van der Waals surface area contributed by atoms with Crippen LogP contribution in [0.1, 0.15) is 71.9 Å². The van der Waals surface area contributed by atoms with Gasteiger partial charge in [-0.1, -0.05) is 31.2 Å². The summed E-state index contributed by atoms with van der Waals surface area (Å²) in [6.07, 6.45) is 2.21. The first kappa shape index (κ1) is 29.8. The van der Waals surface area contributed by atoms with E-state index in [9.17, 15) is 14.4 Å². The number of likely N-dealkylation sites (N-methyl/N-ethyl adjacent to an activating group) is 1. The molecule has 0 aromatic heterocycles. The van der Waals surface area contributed by atoms with Crippen LogP contribution < -0.4 is 10.6 Å². The molecule has 1 aromatic carbocycles. The van der Waals surface area contributed by atoms with Crippen LogP contribution >= 0.6 is 0 Å². The predicted octanol–water partition coefficient (Wildman–Crippen LogP) is 4.38. The van der Waals surface area contributed by atoms with Crippen molar-refractivity contribution in [1.29, 1.82) is 0 Å². The molecule has 1 aliphatic rings. The van der Waals surface area contributed by atoms with E-state index in [1.807, 2.05) is 52.0 Å². The lowest BCUT2D eigenvalue weighted by molar-refractivity contribution is -0.150. The van der Waals surface area contributed by atoms with Crippen molar-refractivity contribution in [2.24, 2.45) is 0 Å². The highest BCUT2D eigenvalue weighted by molar-refractivity contribution is 6.01. The molecule has 2 N–H and O–H groups in total. The second kappa shape index (κ2) is 13.2. The molecule has 8 nitrogen and oxygen atoms in total. The zero-order chi connectivity index (χ0) is 27.8. The van der Waals surface area contributed by atoms with Crippen LogP contribution in [-0.2, 0) is 28.6 Å². The largest absolute Gasteiger partial charge is 0.463 e. The Morgan fingerprint density at radius 3 is 2.14 bits per heavy atom. The number of dihydropyridines is 1. The van der Waals surface area contributed by atoms with Crippen LogP contribution in [0.25, 0.3) is 6.08 Å². The second-order valence-corrected chi connectivity index (χ2v) is 9.61. The molecule has 0 saturated carbocycles. The molecule has 0 spiro atoms. The fourth-order valence-electron chi connectivity index (χ4n) is 4.19. The molecule has 1 aliphatic heterocycles. The van der Waals surface area contributed by atoms with E-state index in [2.05, 4.69) is 10.6 Å². The topological polar surface area (TPSA) is 103 Å². The van der Waals surface area contributed by atoms with Gasteiger partial charge in [0.1, 0.15) is 5.60 Å². The third-order valence-electron chi connectivity index (χ3n) is 5.67. The van der Waals surface area contributed by atoms with Crippen molar-refractivity contribution in [1.82, 2.24) is 10.6 Å². The van der Waals surface area contributed by atoms with Gasteiger partial charge in [-0.05, 0) is 72.2 Å². The summed E-state index contributed by atoms with van der Waals surface area (Å²) in [5, 5.41) is 6.30. The fraction of sp³-hybridized carbons (Fsp3) is 0.483. The number of allylic oxidation sites excluding steroid dienone is 1. The van der Waals surface area contributed by atoms with Crippen molar-refractivity contribution in [3.63, 3.8) is 0 Å². The van der Waals surface area contributed by atoms with Gasteiger partial charge in [0.25, 0.3) is 0 Å². The Hall–Kier alpha value is -3.39. The number of benzene rings is 1. The van der Waals surface area contributed by atoms with Gasteiger partial charge in [-0.2, -0.15) is 0 Å². The molecule has 2 rings (SSSR count). The monoisotopic (exact) mass is 512 g/mol. The van der Waals surface area contributed by atoms with Gasteiger partial charge in [-0.25, -0.2) is 14.4 Å². The average Bonchev–Trinajstić information content (AvgIpc) is 2.81. The van der Waals surface area contributed by atoms with Crippen molar-refractivity contribution in [2.45, 2.75) is 66.4 Å². The molecule has 0 aliphatic carbocycles. The Labute approximate surface area is 220 Å². The summed E-state index contributed by atoms with van der Waals surface area (Å²) in [7, 11) is 1.78. The van der Waals surface area contributed by atoms with Crippen LogP contribution in [-0.4, -0.2) is 50.3 Å². The van der Waals surface area contributed by atoms with E-state index in [-0.39, 0.29) is 13.2 Å². The van der Waals surface area contributed by atoms with Gasteiger partial charge in [0.15, 0.2) is 0 Å². The molecule has 0 amide bonds.